The van der Waals surface area contributed by atoms with Gasteiger partial charge in [-0.25, -0.2) is 4.98 Å². The summed E-state index contributed by atoms with van der Waals surface area (Å²) in [5, 5.41) is 11.5. The second-order valence-corrected chi connectivity index (χ2v) is 17.7. The van der Waals surface area contributed by atoms with Crippen LogP contribution >= 0.6 is 0 Å². The third-order valence-corrected chi connectivity index (χ3v) is 16.0. The van der Waals surface area contributed by atoms with Gasteiger partial charge in [0.05, 0.1) is 27.6 Å². The highest BCUT2D eigenvalue weighted by atomic mass is 28.3. The van der Waals surface area contributed by atoms with Crippen molar-refractivity contribution in [3.05, 3.63) is 200 Å². The van der Waals surface area contributed by atoms with E-state index in [9.17, 15) is 0 Å². The Kier molecular flexibility index (Phi) is 6.57. The molecule has 53 heavy (non-hydrogen) atoms. The Morgan fingerprint density at radius 1 is 0.358 bits per heavy atom. The molecule has 0 unspecified atom stereocenters. The smallest absolute Gasteiger partial charge is 0.179 e. The number of aromatic nitrogens is 3. The van der Waals surface area contributed by atoms with Gasteiger partial charge in [-0.2, -0.15) is 0 Å². The van der Waals surface area contributed by atoms with Crippen molar-refractivity contribution in [3.8, 4) is 5.69 Å². The summed E-state index contributed by atoms with van der Waals surface area (Å²) in [7, 11) is -2.77. The zero-order valence-corrected chi connectivity index (χ0v) is 29.9. The third kappa shape index (κ3) is 4.24. The van der Waals surface area contributed by atoms with Crippen LogP contribution in [0.15, 0.2) is 200 Å². The van der Waals surface area contributed by atoms with Crippen molar-refractivity contribution >= 4 is 89.0 Å². The van der Waals surface area contributed by atoms with Crippen LogP contribution in [-0.2, 0) is 0 Å². The van der Waals surface area contributed by atoms with E-state index in [0.29, 0.717) is 0 Å². The molecule has 11 aromatic rings. The quantitative estimate of drug-likeness (QED) is 0.100. The normalized spacial score (nSPS) is 12.2. The van der Waals surface area contributed by atoms with Crippen LogP contribution < -0.4 is 20.7 Å². The molecule has 0 fully saturated rings. The summed E-state index contributed by atoms with van der Waals surface area (Å²) in [5.74, 6) is 0. The van der Waals surface area contributed by atoms with Gasteiger partial charge in [-0.1, -0.05) is 170 Å². The molecule has 8 aromatic carbocycles. The van der Waals surface area contributed by atoms with E-state index in [1.54, 1.807) is 0 Å². The summed E-state index contributed by atoms with van der Waals surface area (Å²) in [6.45, 7) is 0. The number of imidazole rings is 1. The minimum Gasteiger partial charge on any atom is -0.307 e. The van der Waals surface area contributed by atoms with Crippen molar-refractivity contribution in [1.82, 2.24) is 14.0 Å². The standard InChI is InChI=1S/C49H33N3Si/c1-4-18-35(19-5-1)53(36-20-6-2-7-21-36,37-22-8-3-9-23-37)38-24-16-17-34(33-38)51-45-29-14-12-26-40(45)42-32-31-41-39-25-10-11-27-43(39)49-50-44-28-13-15-30-46(44)52(49)48(41)47(42)51/h1-33H. The van der Waals surface area contributed by atoms with Crippen molar-refractivity contribution in [2.24, 2.45) is 0 Å². The Morgan fingerprint density at radius 3 is 1.53 bits per heavy atom. The molecule has 0 saturated heterocycles. The van der Waals surface area contributed by atoms with Gasteiger partial charge in [0.2, 0.25) is 0 Å². The first-order chi connectivity index (χ1) is 26.3. The Bertz CT molecular complexity index is 3070. The second-order valence-electron chi connectivity index (χ2n) is 13.9. The Morgan fingerprint density at radius 2 is 0.868 bits per heavy atom. The molecule has 0 aliphatic carbocycles. The van der Waals surface area contributed by atoms with Crippen LogP contribution in [-0.4, -0.2) is 22.0 Å². The van der Waals surface area contributed by atoms with E-state index < -0.39 is 8.07 Å². The van der Waals surface area contributed by atoms with Crippen molar-refractivity contribution in [2.75, 3.05) is 0 Å². The van der Waals surface area contributed by atoms with Gasteiger partial charge in [0.25, 0.3) is 0 Å². The summed E-state index contributed by atoms with van der Waals surface area (Å²) < 4.78 is 4.92. The van der Waals surface area contributed by atoms with Crippen LogP contribution in [0.3, 0.4) is 0 Å². The number of benzene rings is 8. The van der Waals surface area contributed by atoms with Gasteiger partial charge < -0.3 is 4.57 Å². The SMILES string of the molecule is c1ccc([Si](c2ccccc2)(c2ccccc2)c2cccc(-n3c4ccccc4c4ccc5c6ccccc6c6nc7ccccc7n6c5c43)c2)cc1. The van der Waals surface area contributed by atoms with Gasteiger partial charge in [0, 0.05) is 27.2 Å². The van der Waals surface area contributed by atoms with Gasteiger partial charge in [-0.15, -0.1) is 0 Å². The first-order valence-electron chi connectivity index (χ1n) is 18.2. The Hall–Kier alpha value is -6.75. The topological polar surface area (TPSA) is 22.2 Å². The minimum atomic E-state index is -2.77. The number of para-hydroxylation sites is 3. The molecule has 4 heteroatoms. The maximum Gasteiger partial charge on any atom is 0.179 e. The lowest BCUT2D eigenvalue weighted by Crippen LogP contribution is -2.74. The molecule has 3 nitrogen and oxygen atoms in total. The summed E-state index contributed by atoms with van der Waals surface area (Å²) >= 11 is 0. The van der Waals surface area contributed by atoms with Crippen LogP contribution in [0.25, 0.3) is 65.8 Å². The monoisotopic (exact) mass is 691 g/mol. The van der Waals surface area contributed by atoms with Crippen LogP contribution in [0.5, 0.6) is 0 Å². The number of pyridine rings is 1. The maximum atomic E-state index is 5.26. The Labute approximate surface area is 307 Å². The van der Waals surface area contributed by atoms with Crippen LogP contribution in [0.2, 0.25) is 0 Å². The molecule has 0 aliphatic rings. The molecule has 3 heterocycles. The molecular formula is C49H33N3Si. The van der Waals surface area contributed by atoms with Gasteiger partial charge in [-0.05, 0) is 56.5 Å². The number of nitrogens with zero attached hydrogens (tertiary/aromatic N) is 3. The van der Waals surface area contributed by atoms with Gasteiger partial charge in [0.15, 0.2) is 8.07 Å². The molecule has 248 valence electrons. The van der Waals surface area contributed by atoms with Crippen molar-refractivity contribution in [1.29, 1.82) is 0 Å². The Balaban J connectivity index is 1.32. The zero-order valence-electron chi connectivity index (χ0n) is 28.9. The van der Waals surface area contributed by atoms with E-state index in [0.717, 1.165) is 27.8 Å². The lowest BCUT2D eigenvalue weighted by Gasteiger charge is -2.34. The molecule has 0 atom stereocenters. The number of hydrogen-bond acceptors (Lipinski definition) is 1. The van der Waals surface area contributed by atoms with E-state index in [-0.39, 0.29) is 0 Å². The maximum absolute atomic E-state index is 5.26. The van der Waals surface area contributed by atoms with Crippen LogP contribution in [0, 0.1) is 0 Å². The van der Waals surface area contributed by atoms with Crippen molar-refractivity contribution in [2.45, 2.75) is 0 Å². The highest BCUT2D eigenvalue weighted by Crippen LogP contribution is 2.40. The van der Waals surface area contributed by atoms with E-state index in [1.165, 1.54) is 58.8 Å². The van der Waals surface area contributed by atoms with E-state index in [2.05, 4.69) is 209 Å². The summed E-state index contributed by atoms with van der Waals surface area (Å²) in [5.41, 5.74) is 7.78. The third-order valence-electron chi connectivity index (χ3n) is 11.2. The summed E-state index contributed by atoms with van der Waals surface area (Å²) in [6.07, 6.45) is 0. The average molecular weight is 692 g/mol. The average Bonchev–Trinajstić information content (AvgIpc) is 3.79. The fourth-order valence-electron chi connectivity index (χ4n) is 9.04. The van der Waals surface area contributed by atoms with Gasteiger partial charge in [-0.3, -0.25) is 4.40 Å². The number of hydrogen-bond donors (Lipinski definition) is 0. The van der Waals surface area contributed by atoms with E-state index in [1.807, 2.05) is 0 Å². The van der Waals surface area contributed by atoms with Gasteiger partial charge in [0.1, 0.15) is 5.65 Å². The minimum absolute atomic E-state index is 0.982. The highest BCUT2D eigenvalue weighted by Gasteiger charge is 2.41. The predicted octanol–water partition coefficient (Wildman–Crippen LogP) is 9.27. The summed E-state index contributed by atoms with van der Waals surface area (Å²) in [6, 6.07) is 73.7. The zero-order chi connectivity index (χ0) is 34.9. The first-order valence-corrected chi connectivity index (χ1v) is 20.2. The first kappa shape index (κ1) is 29.9. The van der Waals surface area contributed by atoms with Crippen LogP contribution in [0.4, 0.5) is 0 Å². The molecule has 11 rings (SSSR count). The van der Waals surface area contributed by atoms with Crippen molar-refractivity contribution in [3.63, 3.8) is 0 Å². The predicted molar refractivity (Wildman–Crippen MR) is 226 cm³/mol. The lowest BCUT2D eigenvalue weighted by atomic mass is 10.0. The van der Waals surface area contributed by atoms with Gasteiger partial charge >= 0.3 is 0 Å². The molecular weight excluding hydrogens is 659 g/mol. The van der Waals surface area contributed by atoms with E-state index >= 15 is 0 Å². The molecule has 0 radical (unpaired) electrons. The molecule has 0 amide bonds. The summed E-state index contributed by atoms with van der Waals surface area (Å²) in [4.78, 5) is 5.26. The number of fused-ring (bicyclic) bond motifs is 12. The largest absolute Gasteiger partial charge is 0.307 e. The molecule has 0 saturated carbocycles. The van der Waals surface area contributed by atoms with Crippen LogP contribution in [0.1, 0.15) is 0 Å². The fraction of sp³-hybridized carbons (Fsp3) is 0. The number of rotatable bonds is 5. The molecule has 0 aliphatic heterocycles. The highest BCUT2D eigenvalue weighted by molar-refractivity contribution is 7.19. The van der Waals surface area contributed by atoms with Crippen molar-refractivity contribution < 1.29 is 0 Å². The fourth-order valence-corrected chi connectivity index (χ4v) is 13.8. The second kappa shape index (κ2) is 11.6. The molecule has 0 N–H and O–H groups in total. The van der Waals surface area contributed by atoms with E-state index in [4.69, 9.17) is 4.98 Å². The molecule has 0 bridgehead atoms. The molecule has 0 spiro atoms. The molecule has 3 aromatic heterocycles. The lowest BCUT2D eigenvalue weighted by molar-refractivity contribution is 1.18.